The Kier molecular flexibility index (Phi) is 9.24. The van der Waals surface area contributed by atoms with Gasteiger partial charge in [0.05, 0.1) is 18.2 Å². The van der Waals surface area contributed by atoms with Gasteiger partial charge in [-0.05, 0) is 61.4 Å². The van der Waals surface area contributed by atoms with E-state index in [4.69, 9.17) is 4.74 Å². The van der Waals surface area contributed by atoms with Gasteiger partial charge in [-0.15, -0.1) is 0 Å². The summed E-state index contributed by atoms with van der Waals surface area (Å²) in [5, 5.41) is 4.78. The number of nitrogens with zero attached hydrogens (tertiary/aromatic N) is 3. The Balaban J connectivity index is 1.48. The number of alkyl halides is 3. The average molecular weight is 674 g/mol. The van der Waals surface area contributed by atoms with Crippen LogP contribution in [0.1, 0.15) is 35.0 Å². The average Bonchev–Trinajstić information content (AvgIpc) is 3.52. The molecule has 0 bridgehead atoms. The van der Waals surface area contributed by atoms with Gasteiger partial charge in [-0.3, -0.25) is 9.59 Å². The van der Waals surface area contributed by atoms with Gasteiger partial charge in [-0.1, -0.05) is 6.92 Å². The number of hydrogen-bond donors (Lipinski definition) is 2. The maximum Gasteiger partial charge on any atom is 0.408 e. The van der Waals surface area contributed by atoms with Crippen molar-refractivity contribution in [3.05, 3.63) is 99.5 Å². The summed E-state index contributed by atoms with van der Waals surface area (Å²) in [5.41, 5.74) is 0.374. The number of hydrogen-bond acceptors (Lipinski definition) is 6. The predicted molar refractivity (Wildman–Crippen MR) is 165 cm³/mol. The molecule has 0 radical (unpaired) electrons. The fourth-order valence-electron chi connectivity index (χ4n) is 5.69. The Morgan fingerprint density at radius 2 is 1.73 bits per heavy atom. The summed E-state index contributed by atoms with van der Waals surface area (Å²) in [6.45, 7) is 2.93. The smallest absolute Gasteiger partial charge is 0.408 e. The van der Waals surface area contributed by atoms with Gasteiger partial charge in [0.1, 0.15) is 40.7 Å². The van der Waals surface area contributed by atoms with Crippen molar-refractivity contribution >= 4 is 34.1 Å². The standard InChI is InChI=1S/C33H29F6N5O4/c1-5-26(33(37,38)39)41-18-13-22(35)28(23(36)14-18)30(45)42-24(32(47)48-4)15-19-7-8-20(29-40-10-11-44(19)29)27-16(2)21-12-17(34)6-9-25(21)43(3)31(27)46/h6-14,24,26,41H,5,15H2,1-4H3,(H,42,45)/t24-,26+/m0/s1. The van der Waals surface area contributed by atoms with Crippen LogP contribution in [-0.4, -0.2) is 51.2 Å². The Morgan fingerprint density at radius 1 is 1.04 bits per heavy atom. The van der Waals surface area contributed by atoms with E-state index in [2.05, 4.69) is 10.3 Å². The molecule has 2 N–H and O–H groups in total. The number of ether oxygens (including phenoxy) is 1. The lowest BCUT2D eigenvalue weighted by atomic mass is 9.98. The third-order valence-electron chi connectivity index (χ3n) is 8.14. The zero-order valence-corrected chi connectivity index (χ0v) is 26.0. The Morgan fingerprint density at radius 3 is 2.35 bits per heavy atom. The number of amides is 1. The number of methoxy groups -OCH3 is 1. The zero-order chi connectivity index (χ0) is 35.1. The first-order chi connectivity index (χ1) is 22.7. The van der Waals surface area contributed by atoms with Crippen molar-refractivity contribution in [1.82, 2.24) is 19.3 Å². The van der Waals surface area contributed by atoms with Crippen LogP contribution >= 0.6 is 0 Å². The second-order valence-electron chi connectivity index (χ2n) is 11.1. The highest BCUT2D eigenvalue weighted by molar-refractivity contribution is 5.98. The Bertz CT molecular complexity index is 2100. The highest BCUT2D eigenvalue weighted by Gasteiger charge is 2.38. The largest absolute Gasteiger partial charge is 0.467 e. The lowest BCUT2D eigenvalue weighted by molar-refractivity contribution is -0.143. The normalized spacial score (nSPS) is 13.0. The van der Waals surface area contributed by atoms with Crippen LogP contribution in [0.5, 0.6) is 0 Å². The minimum Gasteiger partial charge on any atom is -0.467 e. The van der Waals surface area contributed by atoms with Crippen molar-refractivity contribution < 1.29 is 40.7 Å². The van der Waals surface area contributed by atoms with E-state index in [1.54, 1.807) is 36.7 Å². The van der Waals surface area contributed by atoms with Crippen molar-refractivity contribution in [2.45, 2.75) is 44.9 Å². The highest BCUT2D eigenvalue weighted by Crippen LogP contribution is 2.31. The molecule has 0 saturated carbocycles. The van der Waals surface area contributed by atoms with Crippen molar-refractivity contribution in [2.24, 2.45) is 7.05 Å². The van der Waals surface area contributed by atoms with Crippen LogP contribution < -0.4 is 16.2 Å². The predicted octanol–water partition coefficient (Wildman–Crippen LogP) is 5.85. The molecule has 0 aliphatic rings. The second-order valence-corrected chi connectivity index (χ2v) is 11.1. The van der Waals surface area contributed by atoms with E-state index in [1.807, 2.05) is 5.32 Å². The number of carbonyl (C=O) groups is 2. The number of halogens is 6. The molecule has 1 amide bonds. The van der Waals surface area contributed by atoms with Gasteiger partial charge < -0.3 is 24.3 Å². The monoisotopic (exact) mass is 673 g/mol. The molecule has 0 spiro atoms. The number of esters is 1. The zero-order valence-electron chi connectivity index (χ0n) is 26.0. The van der Waals surface area contributed by atoms with E-state index < -0.39 is 65.3 Å². The van der Waals surface area contributed by atoms with Crippen LogP contribution in [0.15, 0.2) is 59.7 Å². The van der Waals surface area contributed by atoms with Crippen LogP contribution in [-0.2, 0) is 23.0 Å². The highest BCUT2D eigenvalue weighted by atomic mass is 19.4. The first-order valence-electron chi connectivity index (χ1n) is 14.6. The third-order valence-corrected chi connectivity index (χ3v) is 8.14. The fraction of sp³-hybridized carbons (Fsp3) is 0.273. The summed E-state index contributed by atoms with van der Waals surface area (Å²) in [5.74, 6) is -5.70. The summed E-state index contributed by atoms with van der Waals surface area (Å²) < 4.78 is 91.3. The van der Waals surface area contributed by atoms with Gasteiger partial charge in [0.15, 0.2) is 0 Å². The van der Waals surface area contributed by atoms with Crippen molar-refractivity contribution in [3.63, 3.8) is 0 Å². The molecule has 0 fully saturated rings. The van der Waals surface area contributed by atoms with Gasteiger partial charge in [0.25, 0.3) is 11.5 Å². The SMILES string of the molecule is CC[C@@H](Nc1cc(F)c(C(=O)N[C@@H](Cc2ccc(-c3c(C)c4cc(F)ccc4n(C)c3=O)c3nccn23)C(=O)OC)c(F)c1)C(F)(F)F. The molecular weight excluding hydrogens is 644 g/mol. The summed E-state index contributed by atoms with van der Waals surface area (Å²) in [6.07, 6.45) is -2.39. The number of nitrogens with one attached hydrogen (secondary N) is 2. The summed E-state index contributed by atoms with van der Waals surface area (Å²) in [7, 11) is 2.61. The fourth-order valence-corrected chi connectivity index (χ4v) is 5.69. The molecule has 252 valence electrons. The van der Waals surface area contributed by atoms with Crippen molar-refractivity contribution in [3.8, 4) is 11.1 Å². The number of carbonyl (C=O) groups excluding carboxylic acids is 2. The topological polar surface area (TPSA) is 107 Å². The number of imidazole rings is 1. The van der Waals surface area contributed by atoms with Crippen LogP contribution in [0.2, 0.25) is 0 Å². The molecule has 0 unspecified atom stereocenters. The van der Waals surface area contributed by atoms with Crippen LogP contribution in [0.3, 0.4) is 0 Å². The third kappa shape index (κ3) is 6.31. The van der Waals surface area contributed by atoms with E-state index >= 15 is 0 Å². The van der Waals surface area contributed by atoms with Crippen molar-refractivity contribution in [2.75, 3.05) is 12.4 Å². The van der Waals surface area contributed by atoms with Gasteiger partial charge in [-0.25, -0.2) is 22.9 Å². The van der Waals surface area contributed by atoms with E-state index in [-0.39, 0.29) is 17.5 Å². The summed E-state index contributed by atoms with van der Waals surface area (Å²) in [4.78, 5) is 43.7. The molecule has 0 saturated heterocycles. The molecule has 0 aliphatic heterocycles. The lowest BCUT2D eigenvalue weighted by Crippen LogP contribution is -2.44. The van der Waals surface area contributed by atoms with Gasteiger partial charge in [0, 0.05) is 48.2 Å². The van der Waals surface area contributed by atoms with Gasteiger partial charge >= 0.3 is 12.1 Å². The maximum atomic E-state index is 15.0. The molecule has 2 aromatic carbocycles. The molecule has 9 nitrogen and oxygen atoms in total. The number of aromatic nitrogens is 3. The second kappa shape index (κ2) is 13.0. The molecule has 5 rings (SSSR count). The summed E-state index contributed by atoms with van der Waals surface area (Å²) >= 11 is 0. The number of rotatable bonds is 9. The summed E-state index contributed by atoms with van der Waals surface area (Å²) in [6, 6.07) is 4.79. The number of pyridine rings is 2. The Hall–Kier alpha value is -5.34. The van der Waals surface area contributed by atoms with Crippen LogP contribution in [0.4, 0.5) is 32.0 Å². The first-order valence-corrected chi connectivity index (χ1v) is 14.6. The molecule has 48 heavy (non-hydrogen) atoms. The number of aryl methyl sites for hydroxylation is 2. The number of anilines is 1. The molecule has 2 atom stereocenters. The molecule has 3 heterocycles. The van der Waals surface area contributed by atoms with Crippen LogP contribution in [0, 0.1) is 24.4 Å². The minimum atomic E-state index is -4.69. The lowest BCUT2D eigenvalue weighted by Gasteiger charge is -2.22. The Labute approximate surface area is 269 Å². The van der Waals surface area contributed by atoms with Crippen molar-refractivity contribution in [1.29, 1.82) is 0 Å². The molecule has 5 aromatic rings. The first kappa shape index (κ1) is 34.0. The minimum absolute atomic E-state index is 0.264. The van der Waals surface area contributed by atoms with E-state index in [0.29, 0.717) is 45.5 Å². The maximum absolute atomic E-state index is 15.0. The molecular formula is C33H29F6N5O4. The number of fused-ring (bicyclic) bond motifs is 2. The van der Waals surface area contributed by atoms with E-state index in [0.717, 1.165) is 7.11 Å². The number of benzene rings is 2. The molecule has 0 aliphatic carbocycles. The van der Waals surface area contributed by atoms with Crippen LogP contribution in [0.25, 0.3) is 27.7 Å². The van der Waals surface area contributed by atoms with Gasteiger partial charge in [-0.2, -0.15) is 13.2 Å². The van der Waals surface area contributed by atoms with Gasteiger partial charge in [0.2, 0.25) is 0 Å². The van der Waals surface area contributed by atoms with E-state index in [1.165, 1.54) is 35.9 Å². The molecule has 3 aromatic heterocycles. The molecule has 15 heteroatoms. The quantitative estimate of drug-likeness (QED) is 0.150. The van der Waals surface area contributed by atoms with E-state index in [9.17, 15) is 40.7 Å².